The first kappa shape index (κ1) is 10.9. The minimum atomic E-state index is -0.258. The molecule has 8 heteroatoms. The molecule has 0 aromatic heterocycles. The molecule has 0 amide bonds. The van der Waals surface area contributed by atoms with Gasteiger partial charge in [0.25, 0.3) is 0 Å². The highest BCUT2D eigenvalue weighted by Crippen LogP contribution is 1.74. The van der Waals surface area contributed by atoms with E-state index in [1.54, 1.807) is 6.92 Å². The summed E-state index contributed by atoms with van der Waals surface area (Å²) in [4.78, 5) is 0. The maximum Gasteiger partial charge on any atom is 0.211 e. The van der Waals surface area contributed by atoms with Crippen LogP contribution in [0.5, 0.6) is 0 Å². The van der Waals surface area contributed by atoms with E-state index < -0.39 is 0 Å². The molecule has 0 rings (SSSR count). The smallest absolute Gasteiger partial charge is 0.211 e. The fourth-order valence-corrected chi connectivity index (χ4v) is 0.358. The summed E-state index contributed by atoms with van der Waals surface area (Å²) in [5.41, 5.74) is 17.7. The number of hydrazone groups is 1. The number of nitrogens with zero attached hydrogens (tertiary/aromatic N) is 3. The van der Waals surface area contributed by atoms with Gasteiger partial charge in [0.2, 0.25) is 11.9 Å². The van der Waals surface area contributed by atoms with E-state index in [0.29, 0.717) is 5.71 Å². The van der Waals surface area contributed by atoms with Crippen LogP contribution in [0.2, 0.25) is 0 Å². The van der Waals surface area contributed by atoms with E-state index in [1.807, 2.05) is 0 Å². The van der Waals surface area contributed by atoms with Crippen molar-refractivity contribution in [2.75, 3.05) is 0 Å². The van der Waals surface area contributed by atoms with Crippen LogP contribution in [0.3, 0.4) is 0 Å². The van der Waals surface area contributed by atoms with Crippen LogP contribution >= 0.6 is 0 Å². The van der Waals surface area contributed by atoms with Crippen molar-refractivity contribution in [3.8, 4) is 0 Å². The third-order valence-electron chi connectivity index (χ3n) is 0.760. The standard InChI is InChI=1S/C5H12N8/c1-3(11-13-5(8)9)2-10-12-4(6)7/h2H,1H3,(H4,6,7,12)(H4,8,9,13)/b10-2-,11-3-. The minimum Gasteiger partial charge on any atom is -0.369 e. The number of nitrogens with one attached hydrogen (secondary N) is 2. The van der Waals surface area contributed by atoms with Crippen molar-refractivity contribution in [2.24, 2.45) is 32.5 Å². The summed E-state index contributed by atoms with van der Waals surface area (Å²) in [5, 5.41) is 17.2. The van der Waals surface area contributed by atoms with Gasteiger partial charge >= 0.3 is 0 Å². The van der Waals surface area contributed by atoms with Crippen LogP contribution in [0.4, 0.5) is 0 Å². The van der Waals surface area contributed by atoms with E-state index in [2.05, 4.69) is 20.7 Å². The quantitative estimate of drug-likeness (QED) is 0.198. The molecule has 0 atom stereocenters. The Hall–Kier alpha value is -2.12. The predicted octanol–water partition coefficient (Wildman–Crippen LogP) is -1.90. The Labute approximate surface area is 75.1 Å². The van der Waals surface area contributed by atoms with E-state index in [4.69, 9.17) is 22.6 Å². The average molecular weight is 184 g/mol. The zero-order valence-electron chi connectivity index (χ0n) is 7.15. The van der Waals surface area contributed by atoms with Crippen molar-refractivity contribution in [3.05, 3.63) is 0 Å². The zero-order chi connectivity index (χ0) is 10.3. The summed E-state index contributed by atoms with van der Waals surface area (Å²) in [7, 11) is 0. The molecule has 8 N–H and O–H groups in total. The summed E-state index contributed by atoms with van der Waals surface area (Å²) in [6.07, 6.45) is 1.33. The summed E-state index contributed by atoms with van der Waals surface area (Å²) in [5.74, 6) is -0.391. The molecule has 0 bridgehead atoms. The highest BCUT2D eigenvalue weighted by Gasteiger charge is 1.84. The largest absolute Gasteiger partial charge is 0.369 e. The highest BCUT2D eigenvalue weighted by atomic mass is 15.3. The number of nitrogens with two attached hydrogens (primary N) is 3. The Morgan fingerprint density at radius 2 is 1.92 bits per heavy atom. The van der Waals surface area contributed by atoms with Gasteiger partial charge in [-0.05, 0) is 6.92 Å². The van der Waals surface area contributed by atoms with E-state index >= 15 is 0 Å². The van der Waals surface area contributed by atoms with Gasteiger partial charge in [-0.2, -0.15) is 10.2 Å². The Morgan fingerprint density at radius 3 is 2.38 bits per heavy atom. The molecule has 0 aromatic rings. The molecular formula is C5H12N8. The lowest BCUT2D eigenvalue weighted by molar-refractivity contribution is 1.00. The van der Waals surface area contributed by atoms with Gasteiger partial charge in [-0.1, -0.05) is 0 Å². The molecule has 0 saturated heterocycles. The van der Waals surface area contributed by atoms with Gasteiger partial charge in [0.1, 0.15) is 0 Å². The van der Waals surface area contributed by atoms with Gasteiger partial charge in [-0.3, -0.25) is 5.41 Å². The molecule has 13 heavy (non-hydrogen) atoms. The molecular weight excluding hydrogens is 172 g/mol. The summed E-state index contributed by atoms with van der Waals surface area (Å²) in [6, 6.07) is 0. The number of guanidine groups is 2. The highest BCUT2D eigenvalue weighted by molar-refractivity contribution is 6.29. The monoisotopic (exact) mass is 184 g/mol. The Bertz CT molecular complexity index is 258. The molecule has 0 aliphatic rings. The molecule has 0 aliphatic carbocycles. The topological polar surface area (TPSA) is 151 Å². The van der Waals surface area contributed by atoms with Gasteiger partial charge in [-0.25, -0.2) is 5.43 Å². The van der Waals surface area contributed by atoms with Gasteiger partial charge in [0, 0.05) is 0 Å². The number of hydrogen-bond donors (Lipinski definition) is 5. The predicted molar refractivity (Wildman–Crippen MR) is 52.5 cm³/mol. The lowest BCUT2D eigenvalue weighted by Gasteiger charge is -1.92. The second kappa shape index (κ2) is 5.52. The third-order valence-corrected chi connectivity index (χ3v) is 0.760. The molecule has 0 saturated carbocycles. The molecule has 0 aliphatic heterocycles. The van der Waals surface area contributed by atoms with Crippen LogP contribution in [0.15, 0.2) is 15.3 Å². The van der Waals surface area contributed by atoms with Gasteiger partial charge in [0.05, 0.1) is 11.9 Å². The summed E-state index contributed by atoms with van der Waals surface area (Å²) in [6.45, 7) is 1.64. The van der Waals surface area contributed by atoms with Crippen LogP contribution in [-0.2, 0) is 0 Å². The number of rotatable bonds is 3. The second-order valence-electron chi connectivity index (χ2n) is 2.05. The van der Waals surface area contributed by atoms with Crippen molar-refractivity contribution in [1.29, 1.82) is 5.41 Å². The minimum absolute atomic E-state index is 0.132. The van der Waals surface area contributed by atoms with Gasteiger partial charge in [-0.15, -0.1) is 5.10 Å². The van der Waals surface area contributed by atoms with Crippen LogP contribution in [0.1, 0.15) is 6.92 Å². The first-order valence-electron chi connectivity index (χ1n) is 3.28. The Morgan fingerprint density at radius 1 is 1.31 bits per heavy atom. The maximum atomic E-state index is 6.75. The van der Waals surface area contributed by atoms with E-state index in [1.165, 1.54) is 6.21 Å². The normalized spacial score (nSPS) is 11.3. The average Bonchev–Trinajstić information content (AvgIpc) is 2.00. The summed E-state index contributed by atoms with van der Waals surface area (Å²) < 4.78 is 0. The first-order valence-corrected chi connectivity index (χ1v) is 3.28. The lowest BCUT2D eigenvalue weighted by Crippen LogP contribution is -2.25. The van der Waals surface area contributed by atoms with Crippen LogP contribution < -0.4 is 22.6 Å². The molecule has 0 fully saturated rings. The van der Waals surface area contributed by atoms with Crippen molar-refractivity contribution in [2.45, 2.75) is 6.92 Å². The molecule has 0 unspecified atom stereocenters. The van der Waals surface area contributed by atoms with E-state index in [-0.39, 0.29) is 11.9 Å². The van der Waals surface area contributed by atoms with Crippen molar-refractivity contribution >= 4 is 23.8 Å². The molecule has 0 aromatic carbocycles. The van der Waals surface area contributed by atoms with E-state index in [9.17, 15) is 0 Å². The Balaban J connectivity index is 4.06. The SMILES string of the molecule is CC(/C=N\NC(=N)N)=N/N=C(N)N. The zero-order valence-corrected chi connectivity index (χ0v) is 7.15. The molecule has 8 nitrogen and oxygen atoms in total. The van der Waals surface area contributed by atoms with Crippen LogP contribution in [0, 0.1) is 5.41 Å². The van der Waals surface area contributed by atoms with Crippen molar-refractivity contribution in [3.63, 3.8) is 0 Å². The van der Waals surface area contributed by atoms with E-state index in [0.717, 1.165) is 0 Å². The van der Waals surface area contributed by atoms with Crippen LogP contribution in [-0.4, -0.2) is 23.8 Å². The summed E-state index contributed by atoms with van der Waals surface area (Å²) >= 11 is 0. The van der Waals surface area contributed by atoms with Gasteiger partial charge in [0.15, 0.2) is 0 Å². The van der Waals surface area contributed by atoms with Gasteiger partial charge < -0.3 is 17.2 Å². The molecule has 72 valence electrons. The van der Waals surface area contributed by atoms with Crippen molar-refractivity contribution in [1.82, 2.24) is 5.43 Å². The lowest BCUT2D eigenvalue weighted by atomic mass is 10.5. The fourth-order valence-electron chi connectivity index (χ4n) is 0.358. The first-order chi connectivity index (χ1) is 6.02. The maximum absolute atomic E-state index is 6.75. The number of hydrogen-bond acceptors (Lipinski definition) is 4. The molecule has 0 heterocycles. The fraction of sp³-hybridized carbons (Fsp3) is 0.200. The Kier molecular flexibility index (Phi) is 4.62. The van der Waals surface area contributed by atoms with Crippen molar-refractivity contribution < 1.29 is 0 Å². The second-order valence-corrected chi connectivity index (χ2v) is 2.05. The molecule has 0 spiro atoms. The third kappa shape index (κ3) is 7.78. The molecule has 0 radical (unpaired) electrons. The van der Waals surface area contributed by atoms with Crippen LogP contribution in [0.25, 0.3) is 0 Å².